The maximum absolute atomic E-state index is 11.1. The Hall–Kier alpha value is -1.63. The predicted molar refractivity (Wildman–Crippen MR) is 107 cm³/mol. The Kier molecular flexibility index (Phi) is 8.07. The first kappa shape index (κ1) is 21.7. The summed E-state index contributed by atoms with van der Waals surface area (Å²) in [6, 6.07) is 3.18. The molecule has 6 nitrogen and oxygen atoms in total. The van der Waals surface area contributed by atoms with Crippen molar-refractivity contribution in [3.8, 4) is 11.5 Å². The smallest absolute Gasteiger partial charge is 0.305 e. The fourth-order valence-electron chi connectivity index (χ4n) is 2.29. The molecule has 0 amide bonds. The number of alkyl halides is 1. The van der Waals surface area contributed by atoms with Crippen molar-refractivity contribution in [1.82, 2.24) is 5.43 Å². The lowest BCUT2D eigenvalue weighted by Crippen LogP contribution is -2.30. The number of nitrogens with zero attached hydrogens (tertiary/aromatic N) is 1. The van der Waals surface area contributed by atoms with Crippen LogP contribution in [0.5, 0.6) is 11.5 Å². The summed E-state index contributed by atoms with van der Waals surface area (Å²) in [4.78, 5) is 11.1. The van der Waals surface area contributed by atoms with Gasteiger partial charge in [0.15, 0.2) is 5.75 Å². The van der Waals surface area contributed by atoms with E-state index in [1.54, 1.807) is 18.2 Å². The van der Waals surface area contributed by atoms with Crippen LogP contribution in [0, 0.1) is 5.92 Å². The van der Waals surface area contributed by atoms with Crippen LogP contribution < -0.4 is 14.9 Å². The van der Waals surface area contributed by atoms with E-state index in [-0.39, 0.29) is 39.6 Å². The molecule has 1 aliphatic rings. The number of carbonyl (C=O) groups excluding carboxylic acids is 1. The quantitative estimate of drug-likeness (QED) is 0.289. The Morgan fingerprint density at radius 1 is 1.30 bits per heavy atom. The minimum atomic E-state index is -0.385. The number of hydrogen-bond acceptors (Lipinski definition) is 6. The first-order chi connectivity index (χ1) is 12.8. The third-order valence-electron chi connectivity index (χ3n) is 3.74. The van der Waals surface area contributed by atoms with Gasteiger partial charge in [0.1, 0.15) is 11.3 Å². The number of benzene rings is 1. The second-order valence-corrected chi connectivity index (χ2v) is 7.34. The molecule has 0 saturated carbocycles. The summed E-state index contributed by atoms with van der Waals surface area (Å²) < 4.78 is 15.9. The molecule has 0 aromatic heterocycles. The molecule has 0 aliphatic carbocycles. The van der Waals surface area contributed by atoms with Gasteiger partial charge in [0.05, 0.1) is 23.8 Å². The van der Waals surface area contributed by atoms with Gasteiger partial charge in [0, 0.05) is 24.6 Å². The van der Waals surface area contributed by atoms with Crippen molar-refractivity contribution in [2.24, 2.45) is 11.0 Å². The van der Waals surface area contributed by atoms with Gasteiger partial charge in [-0.15, -0.1) is 5.10 Å². The van der Waals surface area contributed by atoms with Crippen LogP contribution >= 0.6 is 34.8 Å². The zero-order chi connectivity index (χ0) is 20.0. The van der Waals surface area contributed by atoms with Crippen molar-refractivity contribution in [3.05, 3.63) is 33.8 Å². The molecule has 1 aromatic rings. The number of rotatable bonds is 7. The van der Waals surface area contributed by atoms with Crippen molar-refractivity contribution < 1.29 is 19.0 Å². The van der Waals surface area contributed by atoms with Gasteiger partial charge >= 0.3 is 5.97 Å². The standard InChI is InChI=1S/C18H21Cl3N2O4/c1-10(2)12-9-15(22-23-18(12)21)27-17-13(19)7-11(8-14(17)20)26-6-4-5-16(24)25-3/h7-10,18,23H,4-6H2,1-3H3. The minimum absolute atomic E-state index is 0.223. The summed E-state index contributed by atoms with van der Waals surface area (Å²) in [7, 11) is 1.35. The van der Waals surface area contributed by atoms with E-state index in [0.29, 0.717) is 24.7 Å². The first-order valence-electron chi connectivity index (χ1n) is 8.37. The Balaban J connectivity index is 2.04. The molecule has 0 bridgehead atoms. The van der Waals surface area contributed by atoms with Crippen LogP contribution in [0.4, 0.5) is 0 Å². The van der Waals surface area contributed by atoms with E-state index in [1.807, 2.05) is 13.8 Å². The van der Waals surface area contributed by atoms with E-state index < -0.39 is 0 Å². The summed E-state index contributed by atoms with van der Waals surface area (Å²) >= 11 is 18.7. The number of hydrazone groups is 1. The van der Waals surface area contributed by atoms with Crippen molar-refractivity contribution in [3.63, 3.8) is 0 Å². The molecule has 9 heteroatoms. The lowest BCUT2D eigenvalue weighted by Gasteiger charge is -2.22. The van der Waals surface area contributed by atoms with Crippen molar-refractivity contribution in [2.75, 3.05) is 13.7 Å². The second-order valence-electron chi connectivity index (χ2n) is 6.09. The molecule has 27 heavy (non-hydrogen) atoms. The number of esters is 1. The van der Waals surface area contributed by atoms with Crippen LogP contribution in [-0.4, -0.2) is 31.1 Å². The van der Waals surface area contributed by atoms with Gasteiger partial charge in [0.2, 0.25) is 5.90 Å². The highest BCUT2D eigenvalue weighted by Gasteiger charge is 2.21. The average molecular weight is 436 g/mol. The van der Waals surface area contributed by atoms with Gasteiger partial charge in [-0.3, -0.25) is 10.2 Å². The maximum Gasteiger partial charge on any atom is 0.305 e. The van der Waals surface area contributed by atoms with E-state index in [1.165, 1.54) is 7.11 Å². The molecule has 1 aliphatic heterocycles. The third kappa shape index (κ3) is 6.19. The van der Waals surface area contributed by atoms with Crippen LogP contribution in [-0.2, 0) is 9.53 Å². The van der Waals surface area contributed by atoms with Crippen LogP contribution in [0.2, 0.25) is 10.0 Å². The normalized spacial score (nSPS) is 16.3. The molecule has 2 rings (SSSR count). The van der Waals surface area contributed by atoms with E-state index in [0.717, 1.165) is 5.57 Å². The largest absolute Gasteiger partial charge is 0.493 e. The van der Waals surface area contributed by atoms with E-state index in [9.17, 15) is 4.79 Å². The number of ether oxygens (including phenoxy) is 3. The molecule has 1 atom stereocenters. The molecule has 1 N–H and O–H groups in total. The number of halogens is 3. The SMILES string of the molecule is COC(=O)CCCOc1cc(Cl)c(OC2=NNC(Cl)C(C(C)C)=C2)c(Cl)c1. The van der Waals surface area contributed by atoms with E-state index >= 15 is 0 Å². The minimum Gasteiger partial charge on any atom is -0.493 e. The zero-order valence-electron chi connectivity index (χ0n) is 15.2. The first-order valence-corrected chi connectivity index (χ1v) is 9.56. The molecule has 0 saturated heterocycles. The molecular weight excluding hydrogens is 415 g/mol. The van der Waals surface area contributed by atoms with Crippen LogP contribution in [0.25, 0.3) is 0 Å². The molecular formula is C18H21Cl3N2O4. The predicted octanol–water partition coefficient (Wildman–Crippen LogP) is 4.77. The Morgan fingerprint density at radius 3 is 2.56 bits per heavy atom. The topological polar surface area (TPSA) is 69.2 Å². The summed E-state index contributed by atoms with van der Waals surface area (Å²) in [5, 5.41) is 4.63. The molecule has 148 valence electrons. The molecule has 0 fully saturated rings. The van der Waals surface area contributed by atoms with Crippen molar-refractivity contribution in [1.29, 1.82) is 0 Å². The second kappa shape index (κ2) is 10.1. The van der Waals surface area contributed by atoms with E-state index in [4.69, 9.17) is 44.3 Å². The zero-order valence-corrected chi connectivity index (χ0v) is 17.5. The van der Waals surface area contributed by atoms with Gasteiger partial charge in [-0.2, -0.15) is 0 Å². The maximum atomic E-state index is 11.1. The molecule has 0 spiro atoms. The van der Waals surface area contributed by atoms with Crippen LogP contribution in [0.15, 0.2) is 28.9 Å². The Labute approximate surface area is 173 Å². The number of hydrogen-bond donors (Lipinski definition) is 1. The fraction of sp³-hybridized carbons (Fsp3) is 0.444. The molecule has 1 heterocycles. The molecule has 0 radical (unpaired) electrons. The van der Waals surface area contributed by atoms with Gasteiger partial charge < -0.3 is 14.2 Å². The summed E-state index contributed by atoms with van der Waals surface area (Å²) in [5.74, 6) is 0.999. The Morgan fingerprint density at radius 2 is 1.96 bits per heavy atom. The average Bonchev–Trinajstić information content (AvgIpc) is 2.62. The third-order valence-corrected chi connectivity index (χ3v) is 4.65. The number of nitrogens with one attached hydrogen (secondary N) is 1. The van der Waals surface area contributed by atoms with Gasteiger partial charge in [-0.25, -0.2) is 0 Å². The summed E-state index contributed by atoms with van der Waals surface area (Å²) in [6.07, 6.45) is 2.56. The highest BCUT2D eigenvalue weighted by Crippen LogP contribution is 2.37. The molecule has 1 aromatic carbocycles. The molecule has 1 unspecified atom stereocenters. The Bertz CT molecular complexity index is 727. The number of methoxy groups -OCH3 is 1. The summed E-state index contributed by atoms with van der Waals surface area (Å²) in [5.41, 5.74) is 3.35. The fourth-order valence-corrected chi connectivity index (χ4v) is 3.19. The summed E-state index contributed by atoms with van der Waals surface area (Å²) in [6.45, 7) is 4.38. The van der Waals surface area contributed by atoms with Crippen molar-refractivity contribution >= 4 is 46.7 Å². The van der Waals surface area contributed by atoms with Gasteiger partial charge in [-0.1, -0.05) is 48.7 Å². The highest BCUT2D eigenvalue weighted by molar-refractivity contribution is 6.37. The monoisotopic (exact) mass is 434 g/mol. The van der Waals surface area contributed by atoms with Crippen LogP contribution in [0.1, 0.15) is 26.7 Å². The van der Waals surface area contributed by atoms with Crippen LogP contribution in [0.3, 0.4) is 0 Å². The van der Waals surface area contributed by atoms with Gasteiger partial charge in [0.25, 0.3) is 0 Å². The van der Waals surface area contributed by atoms with E-state index in [2.05, 4.69) is 15.3 Å². The van der Waals surface area contributed by atoms with Gasteiger partial charge in [-0.05, 0) is 17.9 Å². The van der Waals surface area contributed by atoms with Crippen molar-refractivity contribution in [2.45, 2.75) is 32.2 Å². The lowest BCUT2D eigenvalue weighted by molar-refractivity contribution is -0.140. The lowest BCUT2D eigenvalue weighted by atomic mass is 10.0. The number of carbonyl (C=O) groups is 1. The highest BCUT2D eigenvalue weighted by atomic mass is 35.5.